The third kappa shape index (κ3) is 5.97. The first kappa shape index (κ1) is 21.2. The molecule has 0 aliphatic rings. The van der Waals surface area contributed by atoms with Gasteiger partial charge in [-0.15, -0.1) is 0 Å². The summed E-state index contributed by atoms with van der Waals surface area (Å²) in [4.78, 5) is 12.1. The summed E-state index contributed by atoms with van der Waals surface area (Å²) in [6, 6.07) is 20.1. The van der Waals surface area contributed by atoms with Gasteiger partial charge in [0.2, 0.25) is 5.91 Å². The lowest BCUT2D eigenvalue weighted by Gasteiger charge is -2.11. The molecule has 3 aromatic rings. The predicted molar refractivity (Wildman–Crippen MR) is 117 cm³/mol. The van der Waals surface area contributed by atoms with Crippen LogP contribution in [-0.2, 0) is 21.2 Å². The van der Waals surface area contributed by atoms with E-state index in [0.29, 0.717) is 23.6 Å². The molecule has 1 amide bonds. The van der Waals surface area contributed by atoms with Crippen molar-refractivity contribution >= 4 is 50.5 Å². The van der Waals surface area contributed by atoms with Crippen molar-refractivity contribution in [3.63, 3.8) is 0 Å². The van der Waals surface area contributed by atoms with Gasteiger partial charge in [0.15, 0.2) is 0 Å². The molecule has 29 heavy (non-hydrogen) atoms. The fourth-order valence-electron chi connectivity index (χ4n) is 2.62. The molecule has 150 valence electrons. The van der Waals surface area contributed by atoms with Gasteiger partial charge in [0, 0.05) is 17.1 Å². The fourth-order valence-corrected chi connectivity index (χ4v) is 4.09. The van der Waals surface area contributed by atoms with Crippen molar-refractivity contribution in [1.29, 1.82) is 0 Å². The van der Waals surface area contributed by atoms with Crippen LogP contribution in [0.3, 0.4) is 0 Å². The maximum Gasteiger partial charge on any atom is 0.261 e. The van der Waals surface area contributed by atoms with Crippen LogP contribution in [0.5, 0.6) is 0 Å². The largest absolute Gasteiger partial charge is 0.326 e. The second-order valence-electron chi connectivity index (χ2n) is 6.29. The molecular formula is C21H18Cl2N2O3S. The van der Waals surface area contributed by atoms with E-state index in [1.807, 2.05) is 30.3 Å². The zero-order valence-corrected chi connectivity index (χ0v) is 17.6. The van der Waals surface area contributed by atoms with E-state index in [0.717, 1.165) is 5.56 Å². The second kappa shape index (κ2) is 9.31. The minimum absolute atomic E-state index is 0.0378. The van der Waals surface area contributed by atoms with Gasteiger partial charge >= 0.3 is 0 Å². The molecule has 0 aromatic heterocycles. The Bertz CT molecular complexity index is 1100. The molecule has 0 spiro atoms. The number of hydrogen-bond acceptors (Lipinski definition) is 3. The third-order valence-corrected chi connectivity index (χ3v) is 6.05. The summed E-state index contributed by atoms with van der Waals surface area (Å²) >= 11 is 11.9. The number of sulfonamides is 1. The van der Waals surface area contributed by atoms with Gasteiger partial charge in [0.25, 0.3) is 10.0 Å². The van der Waals surface area contributed by atoms with Crippen LogP contribution >= 0.6 is 23.2 Å². The SMILES string of the molecule is O=C(CCc1ccccc1)Nc1ccc(S(=O)(=O)Nc2cc(Cl)ccc2Cl)cc1. The molecule has 3 aromatic carbocycles. The highest BCUT2D eigenvalue weighted by Crippen LogP contribution is 2.28. The maximum atomic E-state index is 12.6. The molecule has 0 heterocycles. The number of nitrogens with one attached hydrogen (secondary N) is 2. The van der Waals surface area contributed by atoms with Crippen molar-refractivity contribution in [3.05, 3.63) is 88.4 Å². The summed E-state index contributed by atoms with van der Waals surface area (Å²) in [5.74, 6) is -0.145. The molecule has 0 unspecified atom stereocenters. The molecule has 0 radical (unpaired) electrons. The normalized spacial score (nSPS) is 11.1. The molecule has 8 heteroatoms. The Morgan fingerprint density at radius 1 is 0.897 bits per heavy atom. The van der Waals surface area contributed by atoms with E-state index in [-0.39, 0.29) is 21.5 Å². The highest BCUT2D eigenvalue weighted by atomic mass is 35.5. The molecule has 0 aliphatic heterocycles. The van der Waals surface area contributed by atoms with Crippen LogP contribution in [0.15, 0.2) is 77.7 Å². The smallest absolute Gasteiger partial charge is 0.261 e. The van der Waals surface area contributed by atoms with Crippen molar-refractivity contribution in [2.75, 3.05) is 10.0 Å². The predicted octanol–water partition coefficient (Wildman–Crippen LogP) is 5.37. The van der Waals surface area contributed by atoms with Crippen LogP contribution in [0.4, 0.5) is 11.4 Å². The van der Waals surface area contributed by atoms with Gasteiger partial charge in [-0.1, -0.05) is 53.5 Å². The van der Waals surface area contributed by atoms with Gasteiger partial charge in [0.1, 0.15) is 0 Å². The van der Waals surface area contributed by atoms with Crippen LogP contribution in [0.1, 0.15) is 12.0 Å². The Kier molecular flexibility index (Phi) is 6.79. The van der Waals surface area contributed by atoms with Gasteiger partial charge in [0.05, 0.1) is 15.6 Å². The van der Waals surface area contributed by atoms with Crippen molar-refractivity contribution in [3.8, 4) is 0 Å². The number of halogens is 2. The third-order valence-electron chi connectivity index (χ3n) is 4.10. The van der Waals surface area contributed by atoms with E-state index in [4.69, 9.17) is 23.2 Å². The molecule has 0 atom stereocenters. The first-order valence-electron chi connectivity index (χ1n) is 8.75. The van der Waals surface area contributed by atoms with Crippen molar-refractivity contribution in [1.82, 2.24) is 0 Å². The highest BCUT2D eigenvalue weighted by molar-refractivity contribution is 7.92. The highest BCUT2D eigenvalue weighted by Gasteiger charge is 2.16. The zero-order chi connectivity index (χ0) is 20.9. The first-order chi connectivity index (χ1) is 13.8. The first-order valence-corrected chi connectivity index (χ1v) is 11.0. The molecule has 0 saturated heterocycles. The summed E-state index contributed by atoms with van der Waals surface area (Å²) in [5.41, 5.74) is 1.79. The lowest BCUT2D eigenvalue weighted by atomic mass is 10.1. The minimum Gasteiger partial charge on any atom is -0.326 e. The summed E-state index contributed by atoms with van der Waals surface area (Å²) in [7, 11) is -3.85. The van der Waals surface area contributed by atoms with E-state index >= 15 is 0 Å². The Hall–Kier alpha value is -2.54. The Morgan fingerprint density at radius 3 is 2.28 bits per heavy atom. The summed E-state index contributed by atoms with van der Waals surface area (Å²) < 4.78 is 27.5. The average Bonchev–Trinajstić information content (AvgIpc) is 2.70. The Morgan fingerprint density at radius 2 is 1.59 bits per heavy atom. The lowest BCUT2D eigenvalue weighted by molar-refractivity contribution is -0.116. The standard InChI is InChI=1S/C21H18Cl2N2O3S/c22-16-7-12-19(23)20(14-16)25-29(27,28)18-10-8-17(9-11-18)24-21(26)13-6-15-4-2-1-3-5-15/h1-5,7-12,14,25H,6,13H2,(H,24,26). The summed E-state index contributed by atoms with van der Waals surface area (Å²) in [5, 5.41) is 3.36. The number of anilines is 2. The molecule has 0 saturated carbocycles. The molecular weight excluding hydrogens is 431 g/mol. The van der Waals surface area contributed by atoms with Gasteiger partial charge in [-0.05, 0) is 54.4 Å². The van der Waals surface area contributed by atoms with E-state index in [9.17, 15) is 13.2 Å². The summed E-state index contributed by atoms with van der Waals surface area (Å²) in [6.45, 7) is 0. The van der Waals surface area contributed by atoms with E-state index < -0.39 is 10.0 Å². The zero-order valence-electron chi connectivity index (χ0n) is 15.2. The number of rotatable bonds is 7. The van der Waals surface area contributed by atoms with Crippen LogP contribution < -0.4 is 10.0 Å². The fraction of sp³-hybridized carbons (Fsp3) is 0.0952. The number of carbonyl (C=O) groups is 1. The molecule has 0 fully saturated rings. The Labute approximate surface area is 179 Å². The molecule has 0 aliphatic carbocycles. The number of amides is 1. The van der Waals surface area contributed by atoms with Crippen molar-refractivity contribution in [2.45, 2.75) is 17.7 Å². The summed E-state index contributed by atoms with van der Waals surface area (Å²) in [6.07, 6.45) is 0.961. The molecule has 2 N–H and O–H groups in total. The van der Waals surface area contributed by atoms with Crippen molar-refractivity contribution in [2.24, 2.45) is 0 Å². The molecule has 0 bridgehead atoms. The van der Waals surface area contributed by atoms with Crippen LogP contribution in [0.2, 0.25) is 10.0 Å². The quantitative estimate of drug-likeness (QED) is 0.510. The second-order valence-corrected chi connectivity index (χ2v) is 8.81. The van der Waals surface area contributed by atoms with E-state index in [2.05, 4.69) is 10.0 Å². The van der Waals surface area contributed by atoms with E-state index in [1.54, 1.807) is 6.07 Å². The maximum absolute atomic E-state index is 12.6. The van der Waals surface area contributed by atoms with Crippen LogP contribution in [0, 0.1) is 0 Å². The molecule has 3 rings (SSSR count). The number of aryl methyl sites for hydroxylation is 1. The average molecular weight is 449 g/mol. The van der Waals surface area contributed by atoms with Gasteiger partial charge in [-0.25, -0.2) is 8.42 Å². The van der Waals surface area contributed by atoms with Crippen molar-refractivity contribution < 1.29 is 13.2 Å². The van der Waals surface area contributed by atoms with Gasteiger partial charge < -0.3 is 5.32 Å². The topological polar surface area (TPSA) is 75.3 Å². The van der Waals surface area contributed by atoms with Gasteiger partial charge in [-0.2, -0.15) is 0 Å². The minimum atomic E-state index is -3.85. The van der Waals surface area contributed by atoms with Crippen LogP contribution in [-0.4, -0.2) is 14.3 Å². The Balaban J connectivity index is 1.63. The number of benzene rings is 3. The number of hydrogen-bond donors (Lipinski definition) is 2. The number of carbonyl (C=O) groups excluding carboxylic acids is 1. The van der Waals surface area contributed by atoms with E-state index in [1.165, 1.54) is 36.4 Å². The van der Waals surface area contributed by atoms with Gasteiger partial charge in [-0.3, -0.25) is 9.52 Å². The lowest BCUT2D eigenvalue weighted by Crippen LogP contribution is -2.14. The monoisotopic (exact) mass is 448 g/mol. The van der Waals surface area contributed by atoms with Crippen LogP contribution in [0.25, 0.3) is 0 Å². The molecule has 5 nitrogen and oxygen atoms in total.